The molecule has 2 rings (SSSR count). The van der Waals surface area contributed by atoms with Gasteiger partial charge in [0.05, 0.1) is 0 Å². The zero-order chi connectivity index (χ0) is 12.3. The van der Waals surface area contributed by atoms with Crippen LogP contribution >= 0.6 is 11.8 Å². The third-order valence-electron chi connectivity index (χ3n) is 1.71. The number of carboxylic acid groups (broad SMARTS) is 1. The van der Waals surface area contributed by atoms with E-state index in [2.05, 4.69) is 20.1 Å². The lowest BCUT2D eigenvalue weighted by Crippen LogP contribution is -1.97. The number of aromatic nitrogens is 4. The van der Waals surface area contributed by atoms with Gasteiger partial charge in [0.2, 0.25) is 11.6 Å². The molecule has 17 heavy (non-hydrogen) atoms. The first-order valence-corrected chi connectivity index (χ1v) is 5.61. The minimum atomic E-state index is -0.943. The summed E-state index contributed by atoms with van der Waals surface area (Å²) >= 11 is 0.952. The Hall–Kier alpha value is -1.96. The summed E-state index contributed by atoms with van der Waals surface area (Å²) in [5, 5.41) is 12.3. The molecule has 0 saturated heterocycles. The fourth-order valence-electron chi connectivity index (χ4n) is 0.991. The van der Waals surface area contributed by atoms with Crippen molar-refractivity contribution in [1.82, 2.24) is 20.1 Å². The first-order valence-electron chi connectivity index (χ1n) is 4.62. The van der Waals surface area contributed by atoms with Crippen LogP contribution in [-0.4, -0.2) is 36.9 Å². The number of hydrogen-bond donors (Lipinski definition) is 1. The Morgan fingerprint density at radius 2 is 2.12 bits per heavy atom. The predicted molar refractivity (Wildman–Crippen MR) is 58.4 cm³/mol. The second kappa shape index (κ2) is 4.91. The maximum atomic E-state index is 10.4. The van der Waals surface area contributed by atoms with Crippen LogP contribution in [0.1, 0.15) is 5.56 Å². The van der Waals surface area contributed by atoms with Crippen LogP contribution in [0.15, 0.2) is 22.1 Å². The molecular weight excluding hydrogens is 244 g/mol. The fourth-order valence-corrected chi connectivity index (χ4v) is 1.48. The Balaban J connectivity index is 2.12. The van der Waals surface area contributed by atoms with Crippen molar-refractivity contribution < 1.29 is 14.4 Å². The lowest BCUT2D eigenvalue weighted by Gasteiger charge is -1.92. The molecule has 1 N–H and O–H groups in total. The zero-order valence-corrected chi connectivity index (χ0v) is 9.64. The van der Waals surface area contributed by atoms with Gasteiger partial charge in [-0.15, -0.1) is 0 Å². The molecule has 0 aliphatic rings. The SMILES string of the molecule is Cc1cnc(-c2noc(SCC(=O)O)n2)nc1. The summed E-state index contributed by atoms with van der Waals surface area (Å²) in [6.07, 6.45) is 3.28. The van der Waals surface area contributed by atoms with E-state index in [0.29, 0.717) is 5.82 Å². The van der Waals surface area contributed by atoms with Gasteiger partial charge in [0.1, 0.15) is 5.75 Å². The van der Waals surface area contributed by atoms with E-state index in [0.717, 1.165) is 17.3 Å². The average Bonchev–Trinajstić information content (AvgIpc) is 2.76. The molecule has 0 fully saturated rings. The van der Waals surface area contributed by atoms with E-state index in [1.807, 2.05) is 6.92 Å². The molecule has 0 atom stereocenters. The van der Waals surface area contributed by atoms with Crippen molar-refractivity contribution in [1.29, 1.82) is 0 Å². The third-order valence-corrected chi connectivity index (χ3v) is 2.51. The molecule has 0 unspecified atom stereocenters. The molecule has 0 aliphatic heterocycles. The highest BCUT2D eigenvalue weighted by Gasteiger charge is 2.12. The summed E-state index contributed by atoms with van der Waals surface area (Å²) in [5.41, 5.74) is 0.928. The van der Waals surface area contributed by atoms with Crippen molar-refractivity contribution in [2.75, 3.05) is 5.75 Å². The Morgan fingerprint density at radius 3 is 2.76 bits per heavy atom. The van der Waals surface area contributed by atoms with Gasteiger partial charge in [-0.3, -0.25) is 4.79 Å². The van der Waals surface area contributed by atoms with Gasteiger partial charge in [-0.1, -0.05) is 16.9 Å². The fraction of sp³-hybridized carbons (Fsp3) is 0.222. The zero-order valence-electron chi connectivity index (χ0n) is 8.82. The van der Waals surface area contributed by atoms with Crippen molar-refractivity contribution in [3.8, 4) is 11.6 Å². The minimum Gasteiger partial charge on any atom is -0.481 e. The predicted octanol–water partition coefficient (Wildman–Crippen LogP) is 1.01. The molecule has 2 heterocycles. The molecule has 0 aliphatic carbocycles. The summed E-state index contributed by atoms with van der Waals surface area (Å²) in [5.74, 6) is -0.475. The van der Waals surface area contributed by atoms with Crippen molar-refractivity contribution in [3.63, 3.8) is 0 Å². The maximum absolute atomic E-state index is 10.4. The lowest BCUT2D eigenvalue weighted by atomic mass is 10.4. The third kappa shape index (κ3) is 3.00. The number of thioether (sulfide) groups is 1. The molecular formula is C9H8N4O3S. The summed E-state index contributed by atoms with van der Waals surface area (Å²) in [7, 11) is 0. The van der Waals surface area contributed by atoms with Gasteiger partial charge in [0, 0.05) is 12.4 Å². The number of aliphatic carboxylic acids is 1. The molecule has 0 radical (unpaired) electrons. The molecule has 0 spiro atoms. The molecule has 0 saturated carbocycles. The van der Waals surface area contributed by atoms with Gasteiger partial charge in [0.15, 0.2) is 0 Å². The van der Waals surface area contributed by atoms with Gasteiger partial charge in [-0.25, -0.2) is 9.97 Å². The molecule has 0 amide bonds. The minimum absolute atomic E-state index is 0.129. The Kier molecular flexibility index (Phi) is 3.33. The van der Waals surface area contributed by atoms with Crippen LogP contribution in [0, 0.1) is 6.92 Å². The maximum Gasteiger partial charge on any atom is 0.314 e. The molecule has 8 heteroatoms. The quantitative estimate of drug-likeness (QED) is 0.804. The van der Waals surface area contributed by atoms with Crippen LogP contribution in [-0.2, 0) is 4.79 Å². The van der Waals surface area contributed by atoms with Crippen molar-refractivity contribution in [3.05, 3.63) is 18.0 Å². The van der Waals surface area contributed by atoms with E-state index < -0.39 is 5.97 Å². The van der Waals surface area contributed by atoms with Crippen LogP contribution in [0.2, 0.25) is 0 Å². The van der Waals surface area contributed by atoms with Gasteiger partial charge in [-0.2, -0.15) is 4.98 Å². The lowest BCUT2D eigenvalue weighted by molar-refractivity contribution is -0.133. The van der Waals surface area contributed by atoms with Crippen LogP contribution in [0.5, 0.6) is 0 Å². The van der Waals surface area contributed by atoms with Crippen LogP contribution in [0.3, 0.4) is 0 Å². The Labute approximate surface area is 100 Å². The first-order chi connectivity index (χ1) is 8.15. The van der Waals surface area contributed by atoms with Crippen LogP contribution < -0.4 is 0 Å². The Bertz CT molecular complexity index is 525. The molecule has 88 valence electrons. The Morgan fingerprint density at radius 1 is 1.41 bits per heavy atom. The van der Waals surface area contributed by atoms with Crippen molar-refractivity contribution in [2.45, 2.75) is 12.1 Å². The van der Waals surface area contributed by atoms with E-state index in [1.54, 1.807) is 12.4 Å². The summed E-state index contributed by atoms with van der Waals surface area (Å²) in [6.45, 7) is 1.87. The van der Waals surface area contributed by atoms with Gasteiger partial charge in [-0.05, 0) is 12.5 Å². The van der Waals surface area contributed by atoms with E-state index in [-0.39, 0.29) is 16.8 Å². The van der Waals surface area contributed by atoms with Crippen molar-refractivity contribution in [2.24, 2.45) is 0 Å². The van der Waals surface area contributed by atoms with E-state index in [4.69, 9.17) is 9.63 Å². The van der Waals surface area contributed by atoms with Crippen molar-refractivity contribution >= 4 is 17.7 Å². The topological polar surface area (TPSA) is 102 Å². The summed E-state index contributed by atoms with van der Waals surface area (Å²) in [6, 6.07) is 0. The number of rotatable bonds is 4. The summed E-state index contributed by atoms with van der Waals surface area (Å²) < 4.78 is 4.86. The number of nitrogens with zero attached hydrogens (tertiary/aromatic N) is 4. The highest BCUT2D eigenvalue weighted by Crippen LogP contribution is 2.18. The highest BCUT2D eigenvalue weighted by atomic mass is 32.2. The standard InChI is InChI=1S/C9H8N4O3S/c1-5-2-10-7(11-3-5)8-12-9(16-13-8)17-4-6(14)15/h2-3H,4H2,1H3,(H,14,15). The van der Waals surface area contributed by atoms with Crippen LogP contribution in [0.4, 0.5) is 0 Å². The van der Waals surface area contributed by atoms with Gasteiger partial charge in [0.25, 0.3) is 5.22 Å². The first kappa shape index (κ1) is 11.5. The second-order valence-electron chi connectivity index (χ2n) is 3.15. The highest BCUT2D eigenvalue weighted by molar-refractivity contribution is 7.99. The smallest absolute Gasteiger partial charge is 0.314 e. The molecule has 7 nitrogen and oxygen atoms in total. The van der Waals surface area contributed by atoms with E-state index in [9.17, 15) is 4.79 Å². The second-order valence-corrected chi connectivity index (χ2v) is 4.08. The molecule has 0 aromatic carbocycles. The molecule has 2 aromatic rings. The van der Waals surface area contributed by atoms with Gasteiger partial charge >= 0.3 is 5.97 Å². The van der Waals surface area contributed by atoms with Gasteiger partial charge < -0.3 is 9.63 Å². The summed E-state index contributed by atoms with van der Waals surface area (Å²) in [4.78, 5) is 22.4. The normalized spacial score (nSPS) is 10.4. The average molecular weight is 252 g/mol. The number of carbonyl (C=O) groups is 1. The number of carboxylic acids is 1. The number of hydrogen-bond acceptors (Lipinski definition) is 7. The molecule has 0 bridgehead atoms. The monoisotopic (exact) mass is 252 g/mol. The van der Waals surface area contributed by atoms with E-state index >= 15 is 0 Å². The molecule has 2 aromatic heterocycles. The van der Waals surface area contributed by atoms with Crippen LogP contribution in [0.25, 0.3) is 11.6 Å². The number of aryl methyl sites for hydroxylation is 1. The van der Waals surface area contributed by atoms with E-state index in [1.165, 1.54) is 0 Å². The largest absolute Gasteiger partial charge is 0.481 e.